The summed E-state index contributed by atoms with van der Waals surface area (Å²) in [6.45, 7) is 4.70. The number of hydrogen-bond acceptors (Lipinski definition) is 3. The number of rotatable bonds is 8. The van der Waals surface area contributed by atoms with Crippen molar-refractivity contribution in [3.63, 3.8) is 0 Å². The minimum Gasteiger partial charge on any atom is -0.352 e. The van der Waals surface area contributed by atoms with Crippen LogP contribution in [0.15, 0.2) is 53.0 Å². The highest BCUT2D eigenvalue weighted by Crippen LogP contribution is 2.19. The molecular formula is C20H24BrN3O2. The highest BCUT2D eigenvalue weighted by molar-refractivity contribution is 9.10. The van der Waals surface area contributed by atoms with Gasteiger partial charge in [0, 0.05) is 28.3 Å². The van der Waals surface area contributed by atoms with Crippen molar-refractivity contribution >= 4 is 33.4 Å². The van der Waals surface area contributed by atoms with Gasteiger partial charge in [0.1, 0.15) is 0 Å². The first kappa shape index (κ1) is 20.1. The average molecular weight is 418 g/mol. The number of carbonyl (C=O) groups is 2. The second-order valence-corrected chi connectivity index (χ2v) is 6.80. The lowest BCUT2D eigenvalue weighted by atomic mass is 10.0. The fourth-order valence-electron chi connectivity index (χ4n) is 2.61. The van der Waals surface area contributed by atoms with E-state index in [1.165, 1.54) is 0 Å². The highest BCUT2D eigenvalue weighted by atomic mass is 79.9. The molecule has 0 aliphatic rings. The lowest BCUT2D eigenvalue weighted by Crippen LogP contribution is -2.31. The van der Waals surface area contributed by atoms with Crippen molar-refractivity contribution in [1.29, 1.82) is 0 Å². The second-order valence-electron chi connectivity index (χ2n) is 5.88. The fraction of sp³-hybridized carbons (Fsp3) is 0.300. The first-order valence-electron chi connectivity index (χ1n) is 8.70. The van der Waals surface area contributed by atoms with Crippen LogP contribution in [0, 0.1) is 0 Å². The molecule has 2 rings (SSSR count). The zero-order valence-electron chi connectivity index (χ0n) is 15.0. The molecule has 26 heavy (non-hydrogen) atoms. The Hall–Kier alpha value is -2.18. The number of halogens is 1. The zero-order chi connectivity index (χ0) is 18.9. The van der Waals surface area contributed by atoms with Gasteiger partial charge in [-0.2, -0.15) is 0 Å². The number of benzene rings is 2. The molecule has 0 aliphatic heterocycles. The van der Waals surface area contributed by atoms with Crippen molar-refractivity contribution in [3.8, 4) is 0 Å². The van der Waals surface area contributed by atoms with E-state index in [9.17, 15) is 9.59 Å². The Morgan fingerprint density at radius 3 is 2.46 bits per heavy atom. The molecule has 6 heteroatoms. The summed E-state index contributed by atoms with van der Waals surface area (Å²) in [4.78, 5) is 24.1. The Bertz CT molecular complexity index is 747. The van der Waals surface area contributed by atoms with Crippen molar-refractivity contribution in [2.75, 3.05) is 18.4 Å². The maximum absolute atomic E-state index is 12.2. The Balaban J connectivity index is 1.92. The number of nitrogens with one attached hydrogen (secondary N) is 3. The maximum atomic E-state index is 12.2. The van der Waals surface area contributed by atoms with E-state index >= 15 is 0 Å². The molecule has 0 heterocycles. The number of anilines is 1. The van der Waals surface area contributed by atoms with Gasteiger partial charge in [-0.05, 0) is 49.2 Å². The van der Waals surface area contributed by atoms with Crippen LogP contribution in [-0.2, 0) is 4.79 Å². The van der Waals surface area contributed by atoms with Crippen LogP contribution in [0.25, 0.3) is 0 Å². The van der Waals surface area contributed by atoms with Crippen LogP contribution in [0.3, 0.4) is 0 Å². The molecule has 0 bridgehead atoms. The van der Waals surface area contributed by atoms with E-state index in [1.807, 2.05) is 31.2 Å². The molecule has 0 aliphatic carbocycles. The summed E-state index contributed by atoms with van der Waals surface area (Å²) in [7, 11) is 0. The van der Waals surface area contributed by atoms with Crippen molar-refractivity contribution in [3.05, 3.63) is 64.1 Å². The van der Waals surface area contributed by atoms with Crippen molar-refractivity contribution < 1.29 is 9.59 Å². The van der Waals surface area contributed by atoms with Gasteiger partial charge >= 0.3 is 0 Å². The topological polar surface area (TPSA) is 70.2 Å². The molecule has 0 saturated carbocycles. The van der Waals surface area contributed by atoms with E-state index in [1.54, 1.807) is 24.3 Å². The quantitative estimate of drug-likeness (QED) is 0.610. The third kappa shape index (κ3) is 5.97. The molecule has 138 valence electrons. The summed E-state index contributed by atoms with van der Waals surface area (Å²) >= 11 is 3.43. The van der Waals surface area contributed by atoms with E-state index in [-0.39, 0.29) is 24.4 Å². The molecule has 2 aromatic carbocycles. The maximum Gasteiger partial charge on any atom is 0.251 e. The third-order valence-electron chi connectivity index (χ3n) is 3.94. The summed E-state index contributed by atoms with van der Waals surface area (Å²) in [6.07, 6.45) is 0.877. The van der Waals surface area contributed by atoms with Crippen LogP contribution < -0.4 is 16.0 Å². The van der Waals surface area contributed by atoms with Gasteiger partial charge in [0.05, 0.1) is 6.54 Å². The molecule has 0 radical (unpaired) electrons. The van der Waals surface area contributed by atoms with Crippen LogP contribution in [0.5, 0.6) is 0 Å². The Morgan fingerprint density at radius 2 is 1.81 bits per heavy atom. The average Bonchev–Trinajstić information content (AvgIpc) is 2.64. The van der Waals surface area contributed by atoms with Gasteiger partial charge in [-0.3, -0.25) is 9.59 Å². The Kier molecular flexibility index (Phi) is 7.81. The van der Waals surface area contributed by atoms with Crippen molar-refractivity contribution in [2.24, 2.45) is 0 Å². The summed E-state index contributed by atoms with van der Waals surface area (Å²) in [5.41, 5.74) is 2.28. The first-order chi connectivity index (χ1) is 12.5. The summed E-state index contributed by atoms with van der Waals surface area (Å²) < 4.78 is 1.03. The number of amides is 2. The largest absolute Gasteiger partial charge is 0.352 e. The van der Waals surface area contributed by atoms with E-state index in [2.05, 4.69) is 38.8 Å². The molecule has 1 atom stereocenters. The van der Waals surface area contributed by atoms with E-state index in [4.69, 9.17) is 0 Å². The van der Waals surface area contributed by atoms with Gasteiger partial charge in [0.25, 0.3) is 5.91 Å². The van der Waals surface area contributed by atoms with Crippen LogP contribution in [-0.4, -0.2) is 24.9 Å². The lowest BCUT2D eigenvalue weighted by molar-refractivity contribution is -0.115. The van der Waals surface area contributed by atoms with E-state index in [0.717, 1.165) is 16.5 Å². The summed E-state index contributed by atoms with van der Waals surface area (Å²) in [5, 5.41) is 8.85. The highest BCUT2D eigenvalue weighted by Gasteiger charge is 2.12. The number of hydrogen-bond donors (Lipinski definition) is 3. The zero-order valence-corrected chi connectivity index (χ0v) is 16.6. The van der Waals surface area contributed by atoms with Gasteiger partial charge in [-0.15, -0.1) is 0 Å². The number of carbonyl (C=O) groups excluding carboxylic acids is 2. The first-order valence-corrected chi connectivity index (χ1v) is 9.49. The fourth-order valence-corrected chi connectivity index (χ4v) is 2.88. The molecule has 0 spiro atoms. The molecule has 3 N–H and O–H groups in total. The molecule has 2 aromatic rings. The standard InChI is InChI=1S/C20H24BrN3O2/c1-3-18(14-8-10-16(21)11-9-14)23-13-19(25)24-17-7-5-6-15(12-17)20(26)22-4-2/h5-12,18,23H,3-4,13H2,1-2H3,(H,22,26)(H,24,25)/t18-/m1/s1. The molecule has 0 saturated heterocycles. The normalized spacial score (nSPS) is 11.7. The molecular weight excluding hydrogens is 394 g/mol. The van der Waals surface area contributed by atoms with Crippen LogP contribution in [0.2, 0.25) is 0 Å². The summed E-state index contributed by atoms with van der Waals surface area (Å²) in [6, 6.07) is 15.1. The molecule has 0 fully saturated rings. The summed E-state index contributed by atoms with van der Waals surface area (Å²) in [5.74, 6) is -0.295. The molecule has 2 amide bonds. The van der Waals surface area contributed by atoms with Crippen LogP contribution in [0.1, 0.15) is 42.2 Å². The van der Waals surface area contributed by atoms with Gasteiger partial charge in [0.2, 0.25) is 5.91 Å². The van der Waals surface area contributed by atoms with Gasteiger partial charge in [-0.25, -0.2) is 0 Å². The molecule has 0 unspecified atom stereocenters. The predicted molar refractivity (Wildman–Crippen MR) is 108 cm³/mol. The SMILES string of the molecule is CCNC(=O)c1cccc(NC(=O)CN[C@H](CC)c2ccc(Br)cc2)c1. The van der Waals surface area contributed by atoms with Gasteiger partial charge in [-0.1, -0.05) is 41.1 Å². The minimum absolute atomic E-state index is 0.107. The van der Waals surface area contributed by atoms with Crippen molar-refractivity contribution in [1.82, 2.24) is 10.6 Å². The lowest BCUT2D eigenvalue weighted by Gasteiger charge is -2.17. The van der Waals surface area contributed by atoms with Gasteiger partial charge in [0.15, 0.2) is 0 Å². The van der Waals surface area contributed by atoms with Crippen LogP contribution >= 0.6 is 15.9 Å². The molecule has 0 aromatic heterocycles. The second kappa shape index (κ2) is 10.1. The predicted octanol–water partition coefficient (Wildman–Crippen LogP) is 3.88. The smallest absolute Gasteiger partial charge is 0.251 e. The Labute approximate surface area is 162 Å². The molecule has 5 nitrogen and oxygen atoms in total. The van der Waals surface area contributed by atoms with Crippen molar-refractivity contribution in [2.45, 2.75) is 26.3 Å². The monoisotopic (exact) mass is 417 g/mol. The van der Waals surface area contributed by atoms with Gasteiger partial charge < -0.3 is 16.0 Å². The van der Waals surface area contributed by atoms with E-state index in [0.29, 0.717) is 17.8 Å². The van der Waals surface area contributed by atoms with Crippen LogP contribution in [0.4, 0.5) is 5.69 Å². The Morgan fingerprint density at radius 1 is 1.08 bits per heavy atom. The van der Waals surface area contributed by atoms with E-state index < -0.39 is 0 Å². The third-order valence-corrected chi connectivity index (χ3v) is 4.46. The minimum atomic E-state index is -0.150.